The lowest BCUT2D eigenvalue weighted by Crippen LogP contribution is -2.23. The zero-order chi connectivity index (χ0) is 29.1. The van der Waals surface area contributed by atoms with Gasteiger partial charge in [0.1, 0.15) is 34.4 Å². The van der Waals surface area contributed by atoms with Crippen LogP contribution in [0.3, 0.4) is 0 Å². The first kappa shape index (κ1) is 28.1. The minimum Gasteiger partial charge on any atom is -0.507 e. The average Bonchev–Trinajstić information content (AvgIpc) is 3.42. The van der Waals surface area contributed by atoms with E-state index in [1.807, 2.05) is 6.08 Å². The molecule has 0 aliphatic carbocycles. The van der Waals surface area contributed by atoms with E-state index in [1.54, 1.807) is 55.5 Å². The number of fused-ring (bicyclic) bond motifs is 2. The van der Waals surface area contributed by atoms with Gasteiger partial charge in [0.05, 0.1) is 18.4 Å². The summed E-state index contributed by atoms with van der Waals surface area (Å²) in [5.41, 5.74) is 1.97. The summed E-state index contributed by atoms with van der Waals surface area (Å²) in [7, 11) is 0. The topological polar surface area (TPSA) is 120 Å². The number of phenolic OH excluding ortho intramolecular Hbond substituents is 1. The highest BCUT2D eigenvalue weighted by Crippen LogP contribution is 2.48. The van der Waals surface area contributed by atoms with Crippen LogP contribution in [0.15, 0.2) is 53.0 Å². The summed E-state index contributed by atoms with van der Waals surface area (Å²) in [5, 5.41) is 11.6. The van der Waals surface area contributed by atoms with Gasteiger partial charge < -0.3 is 19.0 Å². The van der Waals surface area contributed by atoms with Crippen molar-refractivity contribution in [2.75, 3.05) is 0 Å². The molecule has 1 unspecified atom stereocenters. The summed E-state index contributed by atoms with van der Waals surface area (Å²) in [6.07, 6.45) is 6.32. The molecule has 0 fully saturated rings. The van der Waals surface area contributed by atoms with Crippen molar-refractivity contribution >= 4 is 29.6 Å². The highest BCUT2D eigenvalue weighted by atomic mass is 16.5. The van der Waals surface area contributed by atoms with E-state index >= 15 is 0 Å². The highest BCUT2D eigenvalue weighted by molar-refractivity contribution is 5.99. The molecule has 8 heteroatoms. The van der Waals surface area contributed by atoms with Gasteiger partial charge in [0.2, 0.25) is 0 Å². The van der Waals surface area contributed by atoms with Crippen molar-refractivity contribution in [3.05, 3.63) is 76.6 Å². The van der Waals surface area contributed by atoms with Crippen molar-refractivity contribution in [1.29, 1.82) is 0 Å². The predicted octanol–water partition coefficient (Wildman–Crippen LogP) is 6.78. The maximum Gasteiger partial charge on any atom is 0.342 e. The van der Waals surface area contributed by atoms with E-state index in [4.69, 9.17) is 13.9 Å². The molecule has 212 valence electrons. The number of hydrogen-bond donors (Lipinski definition) is 1. The number of carbonyl (C=O) groups excluding carboxylic acids is 4. The molecular weight excluding hydrogens is 524 g/mol. The molecule has 1 N–H and O–H groups in total. The molecule has 2 aliphatic heterocycles. The normalized spacial score (nSPS) is 20.7. The van der Waals surface area contributed by atoms with Crippen molar-refractivity contribution in [3.8, 4) is 22.8 Å². The summed E-state index contributed by atoms with van der Waals surface area (Å²) < 4.78 is 17.4. The fourth-order valence-corrected chi connectivity index (χ4v) is 5.33. The van der Waals surface area contributed by atoms with Crippen LogP contribution in [-0.4, -0.2) is 34.7 Å². The molecule has 0 spiro atoms. The van der Waals surface area contributed by atoms with Crippen LogP contribution in [0.25, 0.3) is 17.4 Å². The van der Waals surface area contributed by atoms with E-state index < -0.39 is 24.0 Å². The van der Waals surface area contributed by atoms with Gasteiger partial charge in [0.15, 0.2) is 5.78 Å². The third-order valence-electron chi connectivity index (χ3n) is 7.52. The fraction of sp³-hybridized carbons (Fsp3) is 0.333. The molecule has 0 bridgehead atoms. The number of ketones is 2. The SMILES string of the molecule is CC(=O)c1ccc(-c2ccc(C3CC(=O)Oc4cc5c(c(O)c43)C(=O)O[C@@H](C)CCCC(=O)CCC/C=C/5)o2)cc1. The Morgan fingerprint density at radius 3 is 2.51 bits per heavy atom. The number of benzene rings is 2. The molecule has 8 nitrogen and oxygen atoms in total. The van der Waals surface area contributed by atoms with Crippen LogP contribution >= 0.6 is 0 Å². The zero-order valence-electron chi connectivity index (χ0n) is 23.1. The number of ether oxygens (including phenoxy) is 2. The molecule has 0 amide bonds. The molecular formula is C33H32O8. The lowest BCUT2D eigenvalue weighted by Gasteiger charge is -2.26. The molecule has 2 aliphatic rings. The van der Waals surface area contributed by atoms with Crippen LogP contribution in [0.1, 0.15) is 102 Å². The monoisotopic (exact) mass is 556 g/mol. The van der Waals surface area contributed by atoms with Crippen molar-refractivity contribution in [2.24, 2.45) is 0 Å². The predicted molar refractivity (Wildman–Crippen MR) is 151 cm³/mol. The number of furan rings is 1. The molecule has 0 saturated carbocycles. The van der Waals surface area contributed by atoms with Crippen LogP contribution in [-0.2, 0) is 14.3 Å². The van der Waals surface area contributed by atoms with Gasteiger partial charge in [-0.05, 0) is 63.3 Å². The van der Waals surface area contributed by atoms with Gasteiger partial charge in [-0.25, -0.2) is 4.79 Å². The van der Waals surface area contributed by atoms with Gasteiger partial charge in [0, 0.05) is 29.5 Å². The smallest absolute Gasteiger partial charge is 0.342 e. The maximum atomic E-state index is 13.4. The second kappa shape index (κ2) is 12.0. The largest absolute Gasteiger partial charge is 0.507 e. The molecule has 41 heavy (non-hydrogen) atoms. The summed E-state index contributed by atoms with van der Waals surface area (Å²) >= 11 is 0. The number of aromatic hydroxyl groups is 1. The quantitative estimate of drug-likeness (QED) is 0.213. The van der Waals surface area contributed by atoms with E-state index in [0.29, 0.717) is 61.2 Å². The molecule has 2 aromatic carbocycles. The van der Waals surface area contributed by atoms with E-state index in [-0.39, 0.29) is 40.6 Å². The Labute approximate surface area is 238 Å². The van der Waals surface area contributed by atoms with Crippen LogP contribution in [0, 0.1) is 0 Å². The van der Waals surface area contributed by atoms with Crippen molar-refractivity contribution in [2.45, 2.75) is 70.8 Å². The van der Waals surface area contributed by atoms with Crippen LogP contribution in [0.5, 0.6) is 11.5 Å². The summed E-state index contributed by atoms with van der Waals surface area (Å²) in [4.78, 5) is 49.8. The van der Waals surface area contributed by atoms with Gasteiger partial charge in [0.25, 0.3) is 0 Å². The zero-order valence-corrected chi connectivity index (χ0v) is 23.1. The van der Waals surface area contributed by atoms with Crippen molar-refractivity contribution in [1.82, 2.24) is 0 Å². The van der Waals surface area contributed by atoms with Gasteiger partial charge in [-0.15, -0.1) is 0 Å². The molecule has 1 aromatic heterocycles. The first-order valence-corrected chi connectivity index (χ1v) is 13.9. The molecule has 3 heterocycles. The number of carbonyl (C=O) groups is 4. The summed E-state index contributed by atoms with van der Waals surface area (Å²) in [6, 6.07) is 12.1. The van der Waals surface area contributed by atoms with Crippen LogP contribution < -0.4 is 4.74 Å². The Balaban J connectivity index is 1.54. The first-order valence-electron chi connectivity index (χ1n) is 13.9. The van der Waals surface area contributed by atoms with Crippen molar-refractivity contribution in [3.63, 3.8) is 0 Å². The average molecular weight is 557 g/mol. The van der Waals surface area contributed by atoms with Gasteiger partial charge in [-0.1, -0.05) is 36.4 Å². The number of phenols is 1. The maximum absolute atomic E-state index is 13.4. The minimum absolute atomic E-state index is 0.00506. The molecule has 3 aromatic rings. The lowest BCUT2D eigenvalue weighted by molar-refractivity contribution is -0.135. The van der Waals surface area contributed by atoms with Crippen LogP contribution in [0.4, 0.5) is 0 Å². The van der Waals surface area contributed by atoms with E-state index in [9.17, 15) is 24.3 Å². The minimum atomic E-state index is -0.699. The Bertz CT molecular complexity index is 1530. The van der Waals surface area contributed by atoms with Crippen LogP contribution in [0.2, 0.25) is 0 Å². The first-order chi connectivity index (χ1) is 19.7. The number of rotatable bonds is 3. The van der Waals surface area contributed by atoms with E-state index in [1.165, 1.54) is 6.92 Å². The van der Waals surface area contributed by atoms with E-state index in [0.717, 1.165) is 5.56 Å². The third kappa shape index (κ3) is 6.16. The number of esters is 2. The standard InChI is InChI=1S/C33H32O8/c1-19-7-6-10-24(35)9-5-3-4-8-23-17-28-31(32(37)30(23)33(38)39-19)25(18-29(36)41-28)27-16-15-26(40-27)22-13-11-21(12-14-22)20(2)34/h4,8,11-17,19,25,37H,3,5-7,9-10,18H2,1-2H3/b8-4+/t19-,25?/m0/s1. The molecule has 5 rings (SSSR count). The molecule has 0 saturated heterocycles. The third-order valence-corrected chi connectivity index (χ3v) is 7.52. The Morgan fingerprint density at radius 1 is 1.00 bits per heavy atom. The second-order valence-corrected chi connectivity index (χ2v) is 10.6. The molecule has 2 atom stereocenters. The number of hydrogen-bond acceptors (Lipinski definition) is 8. The van der Waals surface area contributed by atoms with E-state index in [2.05, 4.69) is 0 Å². The number of allylic oxidation sites excluding steroid dienone is 1. The van der Waals surface area contributed by atoms with Gasteiger partial charge in [-0.2, -0.15) is 0 Å². The Morgan fingerprint density at radius 2 is 1.76 bits per heavy atom. The fourth-order valence-electron chi connectivity index (χ4n) is 5.33. The summed E-state index contributed by atoms with van der Waals surface area (Å²) in [6.45, 7) is 3.26. The number of cyclic esters (lactones) is 1. The summed E-state index contributed by atoms with van der Waals surface area (Å²) in [5.74, 6) is -0.956. The highest BCUT2D eigenvalue weighted by Gasteiger charge is 2.37. The van der Waals surface area contributed by atoms with Crippen molar-refractivity contribution < 1.29 is 38.2 Å². The lowest BCUT2D eigenvalue weighted by atomic mass is 9.86. The second-order valence-electron chi connectivity index (χ2n) is 10.6. The van der Waals surface area contributed by atoms with Gasteiger partial charge >= 0.3 is 11.9 Å². The Hall–Kier alpha value is -4.46. The Kier molecular flexibility index (Phi) is 8.19. The number of Topliss-reactive ketones (excluding diaryl/α,β-unsaturated/α-hetero) is 2. The molecule has 0 radical (unpaired) electrons. The van der Waals surface area contributed by atoms with Gasteiger partial charge in [-0.3, -0.25) is 14.4 Å².